The van der Waals surface area contributed by atoms with Crippen LogP contribution in [0.4, 0.5) is 0 Å². The topological polar surface area (TPSA) is 141 Å². The summed E-state index contributed by atoms with van der Waals surface area (Å²) in [6.45, 7) is 3.42. The van der Waals surface area contributed by atoms with E-state index in [0.29, 0.717) is 5.56 Å². The monoisotopic (exact) mass is 535 g/mol. The van der Waals surface area contributed by atoms with E-state index in [9.17, 15) is 19.2 Å². The van der Waals surface area contributed by atoms with Crippen LogP contribution >= 0.6 is 0 Å². The number of H-pyrrole nitrogens is 1. The van der Waals surface area contributed by atoms with Crippen molar-refractivity contribution < 1.29 is 33.4 Å². The van der Waals surface area contributed by atoms with Gasteiger partial charge in [-0.2, -0.15) is 0 Å². The highest BCUT2D eigenvalue weighted by atomic mass is 16.5. The lowest BCUT2D eigenvalue weighted by Gasteiger charge is -2.32. The molecule has 206 valence electrons. The zero-order valence-electron chi connectivity index (χ0n) is 22.0. The molecule has 10 nitrogen and oxygen atoms in total. The highest BCUT2D eigenvalue weighted by Gasteiger charge is 2.50. The Bertz CT molecular complexity index is 1300. The van der Waals surface area contributed by atoms with E-state index < -0.39 is 47.9 Å². The summed E-state index contributed by atoms with van der Waals surface area (Å²) in [6.07, 6.45) is 2.01. The summed E-state index contributed by atoms with van der Waals surface area (Å²) < 4.78 is 16.0. The van der Waals surface area contributed by atoms with Crippen molar-refractivity contribution in [3.63, 3.8) is 0 Å². The molecule has 0 saturated carbocycles. The molecule has 4 rings (SSSR count). The number of amides is 1. The Kier molecular flexibility index (Phi) is 8.98. The number of carbonyl (C=O) groups is 4. The molecule has 39 heavy (non-hydrogen) atoms. The van der Waals surface area contributed by atoms with Gasteiger partial charge in [0.25, 0.3) is 0 Å². The number of carbonyl (C=O) groups excluding carboxylic acids is 4. The third-order valence-electron chi connectivity index (χ3n) is 6.84. The maximum Gasteiger partial charge on any atom is 0.328 e. The minimum Gasteiger partial charge on any atom is -0.464 e. The number of esters is 3. The molecule has 1 amide bonds. The molecule has 0 aliphatic carbocycles. The van der Waals surface area contributed by atoms with Gasteiger partial charge in [-0.1, -0.05) is 48.5 Å². The van der Waals surface area contributed by atoms with E-state index in [0.717, 1.165) is 21.4 Å². The zero-order valence-corrected chi connectivity index (χ0v) is 22.0. The van der Waals surface area contributed by atoms with Gasteiger partial charge in [-0.05, 0) is 43.9 Å². The fourth-order valence-corrected chi connectivity index (χ4v) is 4.99. The summed E-state index contributed by atoms with van der Waals surface area (Å²) in [5, 5.41) is 0.740. The van der Waals surface area contributed by atoms with Crippen molar-refractivity contribution in [1.82, 2.24) is 9.88 Å². The third-order valence-corrected chi connectivity index (χ3v) is 6.84. The van der Waals surface area contributed by atoms with Crippen LogP contribution in [0.15, 0.2) is 60.8 Å². The number of likely N-dealkylation sites (tertiary alicyclic amines) is 1. The summed E-state index contributed by atoms with van der Waals surface area (Å²) in [5.41, 5.74) is 8.68. The van der Waals surface area contributed by atoms with Crippen LogP contribution in [0.2, 0.25) is 0 Å². The first kappa shape index (κ1) is 27.8. The van der Waals surface area contributed by atoms with E-state index in [4.69, 9.17) is 19.9 Å². The fraction of sp³-hybridized carbons (Fsp3) is 0.379. The first-order valence-electron chi connectivity index (χ1n) is 13.0. The molecular weight excluding hydrogens is 502 g/mol. The SMILES string of the molecule is CCOC(=O)C1CCC(C(=O)OCC)N1C(=O)C(C(=O)OCc1ccccc1)C(N)c1c[nH]c2ccccc12. The van der Waals surface area contributed by atoms with E-state index in [1.54, 1.807) is 32.2 Å². The van der Waals surface area contributed by atoms with Crippen LogP contribution in [-0.4, -0.2) is 59.0 Å². The Morgan fingerprint density at radius 3 is 2.10 bits per heavy atom. The molecule has 0 bridgehead atoms. The van der Waals surface area contributed by atoms with Crippen molar-refractivity contribution >= 4 is 34.7 Å². The Morgan fingerprint density at radius 1 is 0.897 bits per heavy atom. The number of aromatic amines is 1. The molecular formula is C29H33N3O7. The van der Waals surface area contributed by atoms with E-state index >= 15 is 0 Å². The van der Waals surface area contributed by atoms with Crippen molar-refractivity contribution in [3.8, 4) is 0 Å². The molecule has 1 aliphatic rings. The molecule has 1 aromatic heterocycles. The first-order valence-corrected chi connectivity index (χ1v) is 13.0. The lowest BCUT2D eigenvalue weighted by molar-refractivity contribution is -0.168. The second kappa shape index (κ2) is 12.6. The number of rotatable bonds is 10. The lowest BCUT2D eigenvalue weighted by atomic mass is 9.91. The Labute approximate surface area is 226 Å². The standard InChI is InChI=1S/C29H33N3O7/c1-3-37-27(34)22-14-15-23(28(35)38-4-2)32(22)26(33)24(29(36)39-17-18-10-6-5-7-11-18)25(30)20-16-31-21-13-9-8-12-19(20)21/h5-13,16,22-25,31H,3-4,14-15,17,30H2,1-2H3. The number of benzene rings is 2. The molecule has 2 heterocycles. The molecule has 3 N–H and O–H groups in total. The van der Waals surface area contributed by atoms with Gasteiger partial charge in [-0.25, -0.2) is 9.59 Å². The molecule has 10 heteroatoms. The molecule has 4 unspecified atom stereocenters. The predicted molar refractivity (Wildman–Crippen MR) is 142 cm³/mol. The average Bonchev–Trinajstić information content (AvgIpc) is 3.58. The second-order valence-electron chi connectivity index (χ2n) is 9.24. The predicted octanol–water partition coefficient (Wildman–Crippen LogP) is 3.01. The van der Waals surface area contributed by atoms with Crippen molar-refractivity contribution in [3.05, 3.63) is 71.9 Å². The van der Waals surface area contributed by atoms with Gasteiger partial charge in [0.15, 0.2) is 5.92 Å². The van der Waals surface area contributed by atoms with Gasteiger partial charge >= 0.3 is 17.9 Å². The number of fused-ring (bicyclic) bond motifs is 1. The zero-order chi connectivity index (χ0) is 27.9. The Morgan fingerprint density at radius 2 is 1.49 bits per heavy atom. The molecule has 0 radical (unpaired) electrons. The number of nitrogens with one attached hydrogen (secondary N) is 1. The van der Waals surface area contributed by atoms with Crippen LogP contribution in [0.3, 0.4) is 0 Å². The van der Waals surface area contributed by atoms with Crippen LogP contribution in [0.25, 0.3) is 10.9 Å². The fourth-order valence-electron chi connectivity index (χ4n) is 4.99. The van der Waals surface area contributed by atoms with Gasteiger partial charge in [-0.15, -0.1) is 0 Å². The van der Waals surface area contributed by atoms with E-state index in [1.807, 2.05) is 42.5 Å². The third kappa shape index (κ3) is 5.96. The summed E-state index contributed by atoms with van der Waals surface area (Å²) >= 11 is 0. The highest BCUT2D eigenvalue weighted by molar-refractivity contribution is 6.03. The van der Waals surface area contributed by atoms with Crippen molar-refractivity contribution in [2.24, 2.45) is 11.7 Å². The van der Waals surface area contributed by atoms with Crippen molar-refractivity contribution in [2.75, 3.05) is 13.2 Å². The Hall–Kier alpha value is -4.18. The van der Waals surface area contributed by atoms with Crippen LogP contribution < -0.4 is 5.73 Å². The van der Waals surface area contributed by atoms with Gasteiger partial charge in [0.2, 0.25) is 5.91 Å². The summed E-state index contributed by atoms with van der Waals surface area (Å²) in [4.78, 5) is 57.7. The van der Waals surface area contributed by atoms with Gasteiger partial charge in [0.1, 0.15) is 18.7 Å². The Balaban J connectivity index is 1.72. The summed E-state index contributed by atoms with van der Waals surface area (Å²) in [5.74, 6) is -4.51. The average molecular weight is 536 g/mol. The van der Waals surface area contributed by atoms with Crippen LogP contribution in [0.5, 0.6) is 0 Å². The first-order chi connectivity index (χ1) is 18.9. The summed E-state index contributed by atoms with van der Waals surface area (Å²) in [7, 11) is 0. The van der Waals surface area contributed by atoms with Crippen molar-refractivity contribution in [1.29, 1.82) is 0 Å². The smallest absolute Gasteiger partial charge is 0.328 e. The maximum absolute atomic E-state index is 14.2. The summed E-state index contributed by atoms with van der Waals surface area (Å²) in [6, 6.07) is 13.1. The number of nitrogens with two attached hydrogens (primary N) is 1. The van der Waals surface area contributed by atoms with Gasteiger partial charge in [0.05, 0.1) is 19.3 Å². The van der Waals surface area contributed by atoms with Gasteiger partial charge in [-0.3, -0.25) is 9.59 Å². The number of ether oxygens (including phenoxy) is 3. The molecule has 0 spiro atoms. The molecule has 3 aromatic rings. The maximum atomic E-state index is 14.2. The minimum atomic E-state index is -1.54. The highest BCUT2D eigenvalue weighted by Crippen LogP contribution is 2.34. The van der Waals surface area contributed by atoms with E-state index in [2.05, 4.69) is 4.98 Å². The quantitative estimate of drug-likeness (QED) is 0.229. The molecule has 1 saturated heterocycles. The van der Waals surface area contributed by atoms with E-state index in [-0.39, 0.29) is 32.7 Å². The van der Waals surface area contributed by atoms with Crippen LogP contribution in [0, 0.1) is 5.92 Å². The van der Waals surface area contributed by atoms with Crippen LogP contribution in [0.1, 0.15) is 43.9 Å². The number of hydrogen-bond acceptors (Lipinski definition) is 8. The minimum absolute atomic E-state index is 0.0767. The largest absolute Gasteiger partial charge is 0.464 e. The number of para-hydroxylation sites is 1. The molecule has 1 aliphatic heterocycles. The molecule has 4 atom stereocenters. The van der Waals surface area contributed by atoms with E-state index in [1.165, 1.54) is 0 Å². The lowest BCUT2D eigenvalue weighted by Crippen LogP contribution is -2.54. The van der Waals surface area contributed by atoms with Crippen molar-refractivity contribution in [2.45, 2.75) is 51.4 Å². The normalized spacial score (nSPS) is 18.4. The number of nitrogens with zero attached hydrogens (tertiary/aromatic N) is 1. The molecule has 1 fully saturated rings. The van der Waals surface area contributed by atoms with Gasteiger partial charge < -0.3 is 29.8 Å². The van der Waals surface area contributed by atoms with Crippen LogP contribution in [-0.2, 0) is 40.0 Å². The van der Waals surface area contributed by atoms with Gasteiger partial charge in [0, 0.05) is 17.1 Å². The second-order valence-corrected chi connectivity index (χ2v) is 9.24. The number of aromatic nitrogens is 1. The number of hydrogen-bond donors (Lipinski definition) is 2. The molecule has 2 aromatic carbocycles.